The zero-order valence-electron chi connectivity index (χ0n) is 30.1. The first-order valence-corrected chi connectivity index (χ1v) is 20.2. The predicted octanol–water partition coefficient (Wildman–Crippen LogP) is 6.80. The van der Waals surface area contributed by atoms with Crippen LogP contribution in [0.15, 0.2) is 97.6 Å². The number of benzene rings is 4. The summed E-state index contributed by atoms with van der Waals surface area (Å²) in [5, 5.41) is 18.4. The Morgan fingerprint density at radius 3 is 1.48 bits per heavy atom. The van der Waals surface area contributed by atoms with Crippen LogP contribution in [0.4, 0.5) is 11.4 Å². The van der Waals surface area contributed by atoms with E-state index in [0.29, 0.717) is 62.0 Å². The molecule has 0 radical (unpaired) electrons. The van der Waals surface area contributed by atoms with Crippen LogP contribution in [0.1, 0.15) is 38.2 Å². The van der Waals surface area contributed by atoms with Crippen molar-refractivity contribution >= 4 is 62.3 Å². The van der Waals surface area contributed by atoms with Crippen LogP contribution in [-0.4, -0.2) is 87.4 Å². The summed E-state index contributed by atoms with van der Waals surface area (Å²) in [4.78, 5) is 23.4. The van der Waals surface area contributed by atoms with E-state index in [1.807, 2.05) is 26.0 Å². The molecule has 2 fully saturated rings. The number of aryl methyl sites for hydroxylation is 2. The van der Waals surface area contributed by atoms with Gasteiger partial charge in [0.1, 0.15) is 11.4 Å². The van der Waals surface area contributed by atoms with Crippen molar-refractivity contribution in [3.63, 3.8) is 0 Å². The van der Waals surface area contributed by atoms with Crippen molar-refractivity contribution in [1.29, 1.82) is 0 Å². The van der Waals surface area contributed by atoms with Gasteiger partial charge < -0.3 is 19.3 Å². The highest BCUT2D eigenvalue weighted by atomic mass is 127. The molecule has 8 rings (SSSR count). The van der Waals surface area contributed by atoms with E-state index < -0.39 is 0 Å². The van der Waals surface area contributed by atoms with Gasteiger partial charge in [0.15, 0.2) is 5.78 Å². The van der Waals surface area contributed by atoms with Gasteiger partial charge in [-0.1, -0.05) is 24.3 Å². The Hall–Kier alpha value is -4.19. The predicted molar refractivity (Wildman–Crippen MR) is 225 cm³/mol. The van der Waals surface area contributed by atoms with Crippen LogP contribution in [0.5, 0.6) is 0 Å². The number of ether oxygens (including phenoxy) is 2. The number of hydrogen-bond donors (Lipinski definition) is 0. The molecule has 0 amide bonds. The normalized spacial score (nSPS) is 17.6. The van der Waals surface area contributed by atoms with E-state index in [2.05, 4.69) is 136 Å². The molecular formula is C41H40I2N8O3. The molecule has 0 unspecified atom stereocenters. The Labute approximate surface area is 341 Å². The van der Waals surface area contributed by atoms with Crippen LogP contribution in [-0.2, 0) is 22.3 Å². The summed E-state index contributed by atoms with van der Waals surface area (Å²) >= 11 is 4.72. The number of carbonyl (C=O) groups is 1. The standard InChI is InChI=1S/C41H40I2N8O3/c1-27-17-35(39(50-44-9-10-45-50)37(19-27)48-13-15-53-25-33(48)23-29-5-3-7-31(42)21-29)41(52)36-18-28(2)20-38(40(36)51-46-11-12-47-51)49-14-16-54-26-34(49)24-30-6-4-8-32(43)22-30/h3-12,17-22,33-34H,13-16,23-26H2,1-2H3/t33-,34-/m1/s1. The minimum atomic E-state index is -0.158. The molecule has 2 saturated heterocycles. The molecular weight excluding hydrogens is 906 g/mol. The third-order valence-corrected chi connectivity index (χ3v) is 11.3. The van der Waals surface area contributed by atoms with Crippen molar-refractivity contribution in [3.8, 4) is 11.4 Å². The topological polar surface area (TPSA) is 103 Å². The molecule has 2 aromatic heterocycles. The Morgan fingerprint density at radius 2 is 1.07 bits per heavy atom. The smallest absolute Gasteiger partial charge is 0.197 e. The Balaban J connectivity index is 1.26. The lowest BCUT2D eigenvalue weighted by Gasteiger charge is -2.39. The first-order chi connectivity index (χ1) is 26.3. The maximum absolute atomic E-state index is 15.4. The summed E-state index contributed by atoms with van der Waals surface area (Å²) in [5.74, 6) is -0.158. The summed E-state index contributed by atoms with van der Waals surface area (Å²) in [6, 6.07) is 25.4. The summed E-state index contributed by atoms with van der Waals surface area (Å²) in [6.07, 6.45) is 8.18. The van der Waals surface area contributed by atoms with E-state index in [1.165, 1.54) is 18.3 Å². The SMILES string of the molecule is Cc1cc(C(=O)c2cc(C)cc(N3CCOC[C@H]3Cc3cccc(I)c3)c2-n2nccn2)c(-n2nccn2)c(N2CCOC[C@H]2Cc2cccc(I)c2)c1. The van der Waals surface area contributed by atoms with E-state index in [9.17, 15) is 0 Å². The minimum Gasteiger partial charge on any atom is -0.377 e. The molecule has 0 saturated carbocycles. The highest BCUT2D eigenvalue weighted by Crippen LogP contribution is 2.38. The second-order valence-corrected chi connectivity index (χ2v) is 16.3. The maximum atomic E-state index is 15.4. The van der Waals surface area contributed by atoms with Crippen molar-refractivity contribution in [3.05, 3.63) is 138 Å². The third-order valence-electron chi connectivity index (χ3n) is 9.99. The zero-order chi connectivity index (χ0) is 37.2. The van der Waals surface area contributed by atoms with Crippen LogP contribution in [0.2, 0.25) is 0 Å². The third kappa shape index (κ3) is 7.81. The number of morpholine rings is 2. The largest absolute Gasteiger partial charge is 0.377 e. The van der Waals surface area contributed by atoms with Gasteiger partial charge in [-0.2, -0.15) is 20.4 Å². The second-order valence-electron chi connectivity index (χ2n) is 13.8. The van der Waals surface area contributed by atoms with Crippen LogP contribution in [0.3, 0.4) is 0 Å². The number of aromatic nitrogens is 6. The molecule has 4 heterocycles. The van der Waals surface area contributed by atoms with Crippen LogP contribution < -0.4 is 9.80 Å². The summed E-state index contributed by atoms with van der Waals surface area (Å²) < 4.78 is 14.5. The van der Waals surface area contributed by atoms with Gasteiger partial charge in [0.25, 0.3) is 0 Å². The van der Waals surface area contributed by atoms with Crippen molar-refractivity contribution in [2.24, 2.45) is 0 Å². The summed E-state index contributed by atoms with van der Waals surface area (Å²) in [7, 11) is 0. The molecule has 2 aliphatic heterocycles. The van der Waals surface area contributed by atoms with Gasteiger partial charge in [-0.05, 0) is 143 Å². The van der Waals surface area contributed by atoms with E-state index in [-0.39, 0.29) is 17.9 Å². The first-order valence-electron chi connectivity index (χ1n) is 18.1. The lowest BCUT2D eigenvalue weighted by Crippen LogP contribution is -2.47. The average Bonchev–Trinajstić information content (AvgIpc) is 3.90. The second kappa shape index (κ2) is 16.3. The summed E-state index contributed by atoms with van der Waals surface area (Å²) in [5.41, 5.74) is 8.45. The Kier molecular flexibility index (Phi) is 11.1. The number of hydrogen-bond acceptors (Lipinski definition) is 9. The fourth-order valence-corrected chi connectivity index (χ4v) is 8.90. The highest BCUT2D eigenvalue weighted by Gasteiger charge is 2.33. The van der Waals surface area contributed by atoms with Crippen LogP contribution in [0, 0.1) is 21.0 Å². The van der Waals surface area contributed by atoms with Gasteiger partial charge in [0, 0.05) is 20.2 Å². The van der Waals surface area contributed by atoms with Crippen LogP contribution in [0.25, 0.3) is 11.4 Å². The van der Waals surface area contributed by atoms with E-state index in [0.717, 1.165) is 35.3 Å². The van der Waals surface area contributed by atoms with E-state index in [4.69, 9.17) is 9.47 Å². The molecule has 0 spiro atoms. The maximum Gasteiger partial charge on any atom is 0.197 e. The lowest BCUT2D eigenvalue weighted by molar-refractivity contribution is 0.0940. The van der Waals surface area contributed by atoms with Crippen molar-refractivity contribution in [2.45, 2.75) is 38.8 Å². The quantitative estimate of drug-likeness (QED) is 0.108. The van der Waals surface area contributed by atoms with Crippen molar-refractivity contribution < 1.29 is 14.3 Å². The monoisotopic (exact) mass is 946 g/mol. The molecule has 0 bridgehead atoms. The van der Waals surface area contributed by atoms with E-state index in [1.54, 1.807) is 34.4 Å². The molecule has 2 atom stereocenters. The highest BCUT2D eigenvalue weighted by molar-refractivity contribution is 14.1. The van der Waals surface area contributed by atoms with Gasteiger partial charge >= 0.3 is 0 Å². The van der Waals surface area contributed by atoms with Crippen LogP contribution >= 0.6 is 45.2 Å². The van der Waals surface area contributed by atoms with Gasteiger partial charge in [0.05, 0.1) is 85.8 Å². The van der Waals surface area contributed by atoms with Gasteiger partial charge in [-0.25, -0.2) is 0 Å². The fourth-order valence-electron chi connectivity index (χ4n) is 7.69. The molecule has 6 aromatic rings. The molecule has 11 nitrogen and oxygen atoms in total. The average molecular weight is 947 g/mol. The Bertz CT molecular complexity index is 2110. The number of carbonyl (C=O) groups excluding carboxylic acids is 1. The number of anilines is 2. The molecule has 2 aliphatic rings. The molecule has 4 aromatic carbocycles. The summed E-state index contributed by atoms with van der Waals surface area (Å²) in [6.45, 7) is 7.68. The van der Waals surface area contributed by atoms with Crippen molar-refractivity contribution in [1.82, 2.24) is 30.0 Å². The number of nitrogens with zero attached hydrogens (tertiary/aromatic N) is 8. The number of ketones is 1. The molecule has 0 aliphatic carbocycles. The minimum absolute atomic E-state index is 0.0385. The number of rotatable bonds is 10. The first kappa shape index (κ1) is 36.8. The molecule has 0 N–H and O–H groups in total. The molecule has 276 valence electrons. The number of halogens is 2. The van der Waals surface area contributed by atoms with Gasteiger partial charge in [-0.15, -0.1) is 9.59 Å². The van der Waals surface area contributed by atoms with Gasteiger partial charge in [0.2, 0.25) is 0 Å². The van der Waals surface area contributed by atoms with E-state index >= 15 is 4.79 Å². The lowest BCUT2D eigenvalue weighted by atomic mass is 9.93. The Morgan fingerprint density at radius 1 is 0.648 bits per heavy atom. The van der Waals surface area contributed by atoms with Crippen molar-refractivity contribution in [2.75, 3.05) is 49.3 Å². The fraction of sp³-hybridized carbons (Fsp3) is 0.293. The molecule has 13 heteroatoms. The zero-order valence-corrected chi connectivity index (χ0v) is 34.4. The van der Waals surface area contributed by atoms with Gasteiger partial charge in [-0.3, -0.25) is 4.79 Å². The molecule has 54 heavy (non-hydrogen) atoms.